The summed E-state index contributed by atoms with van der Waals surface area (Å²) in [5.41, 5.74) is 3.00. The fraction of sp³-hybridized carbons (Fsp3) is 0.333. The number of hydrogen-bond donors (Lipinski definition) is 2. The van der Waals surface area contributed by atoms with Gasteiger partial charge in [0.05, 0.1) is 17.7 Å². The lowest BCUT2D eigenvalue weighted by molar-refractivity contribution is -0.138. The number of carboxylic acids is 1. The van der Waals surface area contributed by atoms with Gasteiger partial charge in [-0.25, -0.2) is 4.79 Å². The Bertz CT molecular complexity index is 529. The number of primary amides is 1. The summed E-state index contributed by atoms with van der Waals surface area (Å²) in [6.07, 6.45) is -4.80. The number of nitrogens with zero attached hydrogens (tertiary/aromatic N) is 1. The van der Waals surface area contributed by atoms with E-state index in [1.807, 2.05) is 0 Å². The third-order valence-electron chi connectivity index (χ3n) is 2.63. The van der Waals surface area contributed by atoms with E-state index in [1.165, 1.54) is 11.0 Å². The van der Waals surface area contributed by atoms with Gasteiger partial charge >= 0.3 is 12.1 Å². The molecule has 1 aromatic carbocycles. The highest BCUT2D eigenvalue weighted by Crippen LogP contribution is 2.34. The van der Waals surface area contributed by atoms with Crippen LogP contribution in [0.2, 0.25) is 0 Å². The monoisotopic (exact) mass is 290 g/mol. The zero-order valence-electron chi connectivity index (χ0n) is 10.6. The average Bonchev–Trinajstić information content (AvgIpc) is 2.33. The van der Waals surface area contributed by atoms with Crippen LogP contribution in [0.4, 0.5) is 18.9 Å². The van der Waals surface area contributed by atoms with Gasteiger partial charge in [-0.1, -0.05) is 0 Å². The Morgan fingerprint density at radius 3 is 2.35 bits per heavy atom. The molecule has 0 bridgehead atoms. The van der Waals surface area contributed by atoms with Crippen molar-refractivity contribution in [1.82, 2.24) is 0 Å². The lowest BCUT2D eigenvalue weighted by Crippen LogP contribution is -2.33. The van der Waals surface area contributed by atoms with E-state index in [4.69, 9.17) is 10.8 Å². The predicted molar refractivity (Wildman–Crippen MR) is 65.5 cm³/mol. The SMILES string of the molecule is CCN(CC(N)=O)c1ccc(C(=O)O)c(C(F)(F)F)c1. The van der Waals surface area contributed by atoms with Gasteiger partial charge < -0.3 is 15.7 Å². The number of rotatable bonds is 5. The number of carboxylic acid groups (broad SMARTS) is 1. The van der Waals surface area contributed by atoms with E-state index >= 15 is 0 Å². The summed E-state index contributed by atoms with van der Waals surface area (Å²) in [5.74, 6) is -2.36. The third-order valence-corrected chi connectivity index (χ3v) is 2.63. The highest BCUT2D eigenvalue weighted by atomic mass is 19.4. The maximum atomic E-state index is 12.8. The average molecular weight is 290 g/mol. The van der Waals surface area contributed by atoms with Gasteiger partial charge in [0.25, 0.3) is 0 Å². The molecule has 0 aliphatic heterocycles. The Hall–Kier alpha value is -2.25. The maximum absolute atomic E-state index is 12.8. The van der Waals surface area contributed by atoms with Crippen LogP contribution in [0.3, 0.4) is 0 Å². The van der Waals surface area contributed by atoms with Crippen molar-refractivity contribution in [3.05, 3.63) is 29.3 Å². The molecule has 0 aliphatic rings. The Labute approximate surface area is 112 Å². The van der Waals surface area contributed by atoms with Crippen LogP contribution in [0.15, 0.2) is 18.2 Å². The van der Waals surface area contributed by atoms with E-state index in [0.29, 0.717) is 6.07 Å². The van der Waals surface area contributed by atoms with Gasteiger partial charge in [0.2, 0.25) is 5.91 Å². The summed E-state index contributed by atoms with van der Waals surface area (Å²) in [5, 5.41) is 8.77. The molecule has 0 heterocycles. The molecule has 3 N–H and O–H groups in total. The first-order valence-electron chi connectivity index (χ1n) is 5.64. The predicted octanol–water partition coefficient (Wildman–Crippen LogP) is 1.72. The molecule has 1 amide bonds. The van der Waals surface area contributed by atoms with Gasteiger partial charge in [0, 0.05) is 12.2 Å². The lowest BCUT2D eigenvalue weighted by Gasteiger charge is -2.23. The Morgan fingerprint density at radius 1 is 1.35 bits per heavy atom. The van der Waals surface area contributed by atoms with Crippen molar-refractivity contribution in [2.24, 2.45) is 5.73 Å². The molecular formula is C12H13F3N2O3. The number of amides is 1. The first kappa shape index (κ1) is 15.8. The molecule has 20 heavy (non-hydrogen) atoms. The largest absolute Gasteiger partial charge is 0.478 e. The topological polar surface area (TPSA) is 83.6 Å². The summed E-state index contributed by atoms with van der Waals surface area (Å²) in [7, 11) is 0. The number of aromatic carboxylic acids is 1. The zero-order chi connectivity index (χ0) is 15.5. The fourth-order valence-corrected chi connectivity index (χ4v) is 1.72. The van der Waals surface area contributed by atoms with Crippen LogP contribution in [0.1, 0.15) is 22.8 Å². The first-order valence-corrected chi connectivity index (χ1v) is 5.64. The van der Waals surface area contributed by atoms with Gasteiger partial charge in [-0.15, -0.1) is 0 Å². The molecule has 0 fully saturated rings. The number of carbonyl (C=O) groups is 2. The Kier molecular flexibility index (Phi) is 4.59. The highest BCUT2D eigenvalue weighted by Gasteiger charge is 2.35. The standard InChI is InChI=1S/C12H13F3N2O3/c1-2-17(6-10(16)18)7-3-4-8(11(19)20)9(5-7)12(13,14)15/h3-5H,2,6H2,1H3,(H2,16,18)(H,19,20). The molecule has 0 saturated carbocycles. The van der Waals surface area contributed by atoms with Gasteiger partial charge in [-0.3, -0.25) is 4.79 Å². The first-order chi connectivity index (χ1) is 9.16. The molecule has 0 aliphatic carbocycles. The van der Waals surface area contributed by atoms with Crippen molar-refractivity contribution < 1.29 is 27.9 Å². The molecule has 0 radical (unpaired) electrons. The number of halogens is 3. The maximum Gasteiger partial charge on any atom is 0.417 e. The molecule has 0 unspecified atom stereocenters. The number of benzene rings is 1. The number of anilines is 1. The summed E-state index contributed by atoms with van der Waals surface area (Å²) in [6.45, 7) is 1.65. The molecule has 8 heteroatoms. The van der Waals surface area contributed by atoms with Crippen molar-refractivity contribution in [3.8, 4) is 0 Å². The quantitative estimate of drug-likeness (QED) is 0.864. The van der Waals surface area contributed by atoms with E-state index in [0.717, 1.165) is 6.07 Å². The van der Waals surface area contributed by atoms with Gasteiger partial charge in [-0.05, 0) is 25.1 Å². The summed E-state index contributed by atoms with van der Waals surface area (Å²) >= 11 is 0. The van der Waals surface area contributed by atoms with Crippen molar-refractivity contribution in [2.75, 3.05) is 18.0 Å². The van der Waals surface area contributed by atoms with Crippen LogP contribution in [0.25, 0.3) is 0 Å². The summed E-state index contributed by atoms with van der Waals surface area (Å²) in [4.78, 5) is 23.0. The number of likely N-dealkylation sites (N-methyl/N-ethyl adjacent to an activating group) is 1. The van der Waals surface area contributed by atoms with E-state index < -0.39 is 29.2 Å². The normalized spacial score (nSPS) is 11.2. The van der Waals surface area contributed by atoms with E-state index in [2.05, 4.69) is 0 Å². The van der Waals surface area contributed by atoms with Gasteiger partial charge in [0.1, 0.15) is 0 Å². The summed E-state index contributed by atoms with van der Waals surface area (Å²) < 4.78 is 38.5. The highest BCUT2D eigenvalue weighted by molar-refractivity contribution is 5.90. The molecule has 1 aromatic rings. The van der Waals surface area contributed by atoms with Crippen LogP contribution >= 0.6 is 0 Å². The number of hydrogen-bond acceptors (Lipinski definition) is 3. The van der Waals surface area contributed by atoms with Crippen molar-refractivity contribution in [1.29, 1.82) is 0 Å². The fourth-order valence-electron chi connectivity index (χ4n) is 1.72. The molecule has 0 spiro atoms. The van der Waals surface area contributed by atoms with Crippen molar-refractivity contribution in [3.63, 3.8) is 0 Å². The van der Waals surface area contributed by atoms with Gasteiger partial charge in [-0.2, -0.15) is 13.2 Å². The summed E-state index contributed by atoms with van der Waals surface area (Å²) in [6, 6.07) is 2.78. The second-order valence-corrected chi connectivity index (χ2v) is 4.01. The van der Waals surface area contributed by atoms with Gasteiger partial charge in [0.15, 0.2) is 0 Å². The van der Waals surface area contributed by atoms with Crippen LogP contribution in [-0.2, 0) is 11.0 Å². The molecule has 0 atom stereocenters. The van der Waals surface area contributed by atoms with Crippen LogP contribution in [-0.4, -0.2) is 30.1 Å². The number of nitrogens with two attached hydrogens (primary N) is 1. The van der Waals surface area contributed by atoms with Crippen LogP contribution in [0.5, 0.6) is 0 Å². The number of carbonyl (C=O) groups excluding carboxylic acids is 1. The van der Waals surface area contributed by atoms with E-state index in [9.17, 15) is 22.8 Å². The number of alkyl halides is 3. The van der Waals surface area contributed by atoms with Crippen LogP contribution in [0, 0.1) is 0 Å². The minimum Gasteiger partial charge on any atom is -0.478 e. The molecule has 1 rings (SSSR count). The smallest absolute Gasteiger partial charge is 0.417 e. The van der Waals surface area contributed by atoms with E-state index in [1.54, 1.807) is 6.92 Å². The zero-order valence-corrected chi connectivity index (χ0v) is 10.6. The minimum atomic E-state index is -4.80. The minimum absolute atomic E-state index is 0.0867. The molecule has 110 valence electrons. The lowest BCUT2D eigenvalue weighted by atomic mass is 10.1. The Balaban J connectivity index is 3.31. The van der Waals surface area contributed by atoms with Crippen LogP contribution < -0.4 is 10.6 Å². The van der Waals surface area contributed by atoms with Crippen molar-refractivity contribution >= 4 is 17.6 Å². The Morgan fingerprint density at radius 2 is 1.95 bits per heavy atom. The second kappa shape index (κ2) is 5.81. The third kappa shape index (κ3) is 3.62. The van der Waals surface area contributed by atoms with Crippen molar-refractivity contribution in [2.45, 2.75) is 13.1 Å². The molecule has 0 aromatic heterocycles. The molecule has 0 saturated heterocycles. The molecular weight excluding hydrogens is 277 g/mol. The second-order valence-electron chi connectivity index (χ2n) is 4.01. The molecule has 5 nitrogen and oxygen atoms in total. The van der Waals surface area contributed by atoms with E-state index in [-0.39, 0.29) is 18.8 Å².